The third kappa shape index (κ3) is 2.30. The van der Waals surface area contributed by atoms with Crippen LogP contribution in [0.15, 0.2) is 10.9 Å². The van der Waals surface area contributed by atoms with Crippen molar-refractivity contribution in [1.29, 1.82) is 0 Å². The molecule has 0 amide bonds. The molecule has 1 aliphatic carbocycles. The molecule has 102 valence electrons. The van der Waals surface area contributed by atoms with Gasteiger partial charge in [0.25, 0.3) is 5.56 Å². The lowest BCUT2D eigenvalue weighted by Gasteiger charge is -2.28. The van der Waals surface area contributed by atoms with E-state index in [-0.39, 0.29) is 12.0 Å². The van der Waals surface area contributed by atoms with Gasteiger partial charge < -0.3 is 14.6 Å². The van der Waals surface area contributed by atoms with Gasteiger partial charge in [0.2, 0.25) is 0 Å². The number of carboxylic acids is 1. The van der Waals surface area contributed by atoms with Gasteiger partial charge in [0, 0.05) is 36.8 Å². The van der Waals surface area contributed by atoms with Crippen molar-refractivity contribution in [3.05, 3.63) is 33.2 Å². The fraction of sp³-hybridized carbons (Fsp3) is 0.571. The third-order valence-electron chi connectivity index (χ3n) is 3.93. The second kappa shape index (κ2) is 4.49. The first-order chi connectivity index (χ1) is 9.06. The Balaban J connectivity index is 2.13. The molecule has 19 heavy (non-hydrogen) atoms. The molecule has 1 saturated carbocycles. The van der Waals surface area contributed by atoms with Crippen molar-refractivity contribution in [2.24, 2.45) is 0 Å². The summed E-state index contributed by atoms with van der Waals surface area (Å²) in [6.45, 7) is 1.76. The van der Waals surface area contributed by atoms with E-state index in [1.54, 1.807) is 6.07 Å². The van der Waals surface area contributed by atoms with Gasteiger partial charge in [-0.2, -0.15) is 0 Å². The summed E-state index contributed by atoms with van der Waals surface area (Å²) in [5.41, 5.74) is 2.58. The van der Waals surface area contributed by atoms with Crippen LogP contribution in [0.4, 0.5) is 0 Å². The summed E-state index contributed by atoms with van der Waals surface area (Å²) in [7, 11) is 2.05. The van der Waals surface area contributed by atoms with Crippen molar-refractivity contribution in [3.63, 3.8) is 0 Å². The highest BCUT2D eigenvalue weighted by atomic mass is 16.4. The number of rotatable bonds is 3. The van der Waals surface area contributed by atoms with Gasteiger partial charge in [-0.15, -0.1) is 0 Å². The smallest absolute Gasteiger partial charge is 0.308 e. The van der Waals surface area contributed by atoms with Gasteiger partial charge in [-0.3, -0.25) is 9.59 Å². The molecule has 5 heteroatoms. The molecule has 0 bridgehead atoms. The highest BCUT2D eigenvalue weighted by Gasteiger charge is 2.30. The summed E-state index contributed by atoms with van der Waals surface area (Å²) in [5.74, 6) is -0.941. The quantitative estimate of drug-likeness (QED) is 0.875. The standard InChI is InChI=1S/C14H18N2O3/c1-15-5-4-12-10(8-15)6-9(7-13(17)18)14(19)16(12)11-2-3-11/h6,11H,2-5,7-8H2,1H3,(H,17,18). The van der Waals surface area contributed by atoms with E-state index < -0.39 is 5.97 Å². The summed E-state index contributed by atoms with van der Waals surface area (Å²) in [5, 5.41) is 8.93. The molecule has 0 atom stereocenters. The number of nitrogens with zero attached hydrogens (tertiary/aromatic N) is 2. The molecule has 0 radical (unpaired) electrons. The zero-order valence-corrected chi connectivity index (χ0v) is 11.1. The van der Waals surface area contributed by atoms with E-state index in [2.05, 4.69) is 4.90 Å². The Hall–Kier alpha value is -1.62. The summed E-state index contributed by atoms with van der Waals surface area (Å²) in [6.07, 6.45) is 2.78. The number of hydrogen-bond acceptors (Lipinski definition) is 3. The van der Waals surface area contributed by atoms with E-state index in [0.717, 1.165) is 43.6 Å². The number of carbonyl (C=O) groups is 1. The lowest BCUT2D eigenvalue weighted by atomic mass is 10.0. The van der Waals surface area contributed by atoms with E-state index >= 15 is 0 Å². The summed E-state index contributed by atoms with van der Waals surface area (Å²) >= 11 is 0. The molecule has 0 aromatic carbocycles. The topological polar surface area (TPSA) is 62.5 Å². The molecule has 0 unspecified atom stereocenters. The summed E-state index contributed by atoms with van der Waals surface area (Å²) < 4.78 is 1.88. The average molecular weight is 262 g/mol. The van der Waals surface area contributed by atoms with Crippen molar-refractivity contribution in [2.75, 3.05) is 13.6 Å². The molecule has 1 fully saturated rings. The Labute approximate surface area is 111 Å². The molecule has 3 rings (SSSR count). The van der Waals surface area contributed by atoms with Gasteiger partial charge in [0.1, 0.15) is 0 Å². The van der Waals surface area contributed by atoms with Crippen molar-refractivity contribution >= 4 is 5.97 Å². The second-order valence-corrected chi connectivity index (χ2v) is 5.61. The highest BCUT2D eigenvalue weighted by Crippen LogP contribution is 2.36. The van der Waals surface area contributed by atoms with E-state index in [1.807, 2.05) is 11.6 Å². The van der Waals surface area contributed by atoms with Crippen molar-refractivity contribution in [3.8, 4) is 0 Å². The minimum absolute atomic E-state index is 0.0896. The van der Waals surface area contributed by atoms with Crippen LogP contribution in [0.2, 0.25) is 0 Å². The van der Waals surface area contributed by atoms with Gasteiger partial charge in [0.05, 0.1) is 6.42 Å². The number of likely N-dealkylation sites (N-methyl/N-ethyl adjacent to an activating group) is 1. The molecule has 2 aliphatic rings. The number of pyridine rings is 1. The van der Waals surface area contributed by atoms with Gasteiger partial charge in [-0.05, 0) is 31.5 Å². The van der Waals surface area contributed by atoms with Gasteiger partial charge in [0.15, 0.2) is 0 Å². The van der Waals surface area contributed by atoms with Crippen molar-refractivity contribution in [1.82, 2.24) is 9.47 Å². The molecule has 1 N–H and O–H groups in total. The van der Waals surface area contributed by atoms with Crippen LogP contribution in [0.1, 0.15) is 35.7 Å². The second-order valence-electron chi connectivity index (χ2n) is 5.61. The van der Waals surface area contributed by atoms with Crippen molar-refractivity contribution in [2.45, 2.75) is 38.3 Å². The fourth-order valence-corrected chi connectivity index (χ4v) is 2.88. The van der Waals surface area contributed by atoms with Gasteiger partial charge >= 0.3 is 5.97 Å². The highest BCUT2D eigenvalue weighted by molar-refractivity contribution is 5.70. The minimum atomic E-state index is -0.941. The molecule has 1 aliphatic heterocycles. The first kappa shape index (κ1) is 12.4. The predicted molar refractivity (Wildman–Crippen MR) is 70.4 cm³/mol. The SMILES string of the molecule is CN1CCc2c(cc(CC(=O)O)c(=O)n2C2CC2)C1. The predicted octanol–water partition coefficient (Wildman–Crippen LogP) is 0.798. The van der Waals surface area contributed by atoms with Crippen LogP contribution in [-0.2, 0) is 24.2 Å². The molecule has 1 aromatic heterocycles. The zero-order valence-electron chi connectivity index (χ0n) is 11.1. The van der Waals surface area contributed by atoms with Crippen LogP contribution >= 0.6 is 0 Å². The van der Waals surface area contributed by atoms with Crippen LogP contribution in [0, 0.1) is 0 Å². The normalized spacial score (nSPS) is 19.2. The maximum absolute atomic E-state index is 12.4. The van der Waals surface area contributed by atoms with E-state index in [1.165, 1.54) is 0 Å². The average Bonchev–Trinajstić information content (AvgIpc) is 3.14. The molecule has 0 spiro atoms. The van der Waals surface area contributed by atoms with E-state index in [4.69, 9.17) is 5.11 Å². The Morgan fingerprint density at radius 3 is 2.84 bits per heavy atom. The number of hydrogen-bond donors (Lipinski definition) is 1. The summed E-state index contributed by atoms with van der Waals surface area (Å²) in [6, 6.07) is 2.11. The Bertz CT molecular complexity index is 587. The Morgan fingerprint density at radius 1 is 1.47 bits per heavy atom. The Kier molecular flexibility index (Phi) is 2.93. The first-order valence-electron chi connectivity index (χ1n) is 6.72. The number of aliphatic carboxylic acids is 1. The molecule has 0 saturated heterocycles. The van der Waals surface area contributed by atoms with Crippen LogP contribution in [-0.4, -0.2) is 34.1 Å². The Morgan fingerprint density at radius 2 is 2.21 bits per heavy atom. The maximum atomic E-state index is 12.4. The monoisotopic (exact) mass is 262 g/mol. The van der Waals surface area contributed by atoms with Crippen LogP contribution in [0.5, 0.6) is 0 Å². The number of carboxylic acid groups (broad SMARTS) is 1. The maximum Gasteiger partial charge on any atom is 0.308 e. The number of aromatic nitrogens is 1. The lowest BCUT2D eigenvalue weighted by Crippen LogP contribution is -2.35. The largest absolute Gasteiger partial charge is 0.481 e. The molecular weight excluding hydrogens is 244 g/mol. The minimum Gasteiger partial charge on any atom is -0.481 e. The van der Waals surface area contributed by atoms with E-state index in [0.29, 0.717) is 11.6 Å². The first-order valence-corrected chi connectivity index (χ1v) is 6.72. The van der Waals surface area contributed by atoms with Crippen LogP contribution in [0.3, 0.4) is 0 Å². The zero-order chi connectivity index (χ0) is 13.6. The molecule has 1 aromatic rings. The number of fused-ring (bicyclic) bond motifs is 1. The molecule has 5 nitrogen and oxygen atoms in total. The van der Waals surface area contributed by atoms with Crippen LogP contribution < -0.4 is 5.56 Å². The lowest BCUT2D eigenvalue weighted by molar-refractivity contribution is -0.136. The van der Waals surface area contributed by atoms with Gasteiger partial charge in [-0.25, -0.2) is 0 Å². The van der Waals surface area contributed by atoms with E-state index in [9.17, 15) is 9.59 Å². The molecular formula is C14H18N2O3. The third-order valence-corrected chi connectivity index (χ3v) is 3.93. The van der Waals surface area contributed by atoms with Crippen LogP contribution in [0.25, 0.3) is 0 Å². The van der Waals surface area contributed by atoms with Gasteiger partial charge in [-0.1, -0.05) is 0 Å². The van der Waals surface area contributed by atoms with Crippen molar-refractivity contribution < 1.29 is 9.90 Å². The summed E-state index contributed by atoms with van der Waals surface area (Å²) in [4.78, 5) is 25.5. The fourth-order valence-electron chi connectivity index (χ4n) is 2.88. The molecule has 2 heterocycles.